The highest BCUT2D eigenvalue weighted by Gasteiger charge is 2.17. The Kier molecular flexibility index (Phi) is 3.72. The summed E-state index contributed by atoms with van der Waals surface area (Å²) in [5, 5.41) is 3.30. The fraction of sp³-hybridized carbons (Fsp3) is 0.667. The van der Waals surface area contributed by atoms with E-state index in [0.29, 0.717) is 6.04 Å². The molecule has 1 aromatic heterocycles. The van der Waals surface area contributed by atoms with E-state index in [4.69, 9.17) is 0 Å². The van der Waals surface area contributed by atoms with E-state index in [-0.39, 0.29) is 0 Å². The molecule has 1 atom stereocenters. The van der Waals surface area contributed by atoms with Crippen LogP contribution in [0.1, 0.15) is 25.5 Å². The lowest BCUT2D eigenvalue weighted by Crippen LogP contribution is -2.35. The number of hydrogen-bond donors (Lipinski definition) is 1. The van der Waals surface area contributed by atoms with E-state index in [1.54, 1.807) is 6.20 Å². The molecule has 0 aliphatic carbocycles. The lowest BCUT2D eigenvalue weighted by atomic mass is 10.3. The largest absolute Gasteiger partial charge is 0.353 e. The van der Waals surface area contributed by atoms with Crippen molar-refractivity contribution < 1.29 is 0 Å². The Morgan fingerprint density at radius 3 is 2.88 bits per heavy atom. The molecule has 2 heterocycles. The number of aromatic nitrogens is 2. The number of nitrogens with zero attached hydrogens (tertiary/aromatic N) is 3. The van der Waals surface area contributed by atoms with E-state index >= 15 is 0 Å². The smallest absolute Gasteiger partial charge is 0.222 e. The zero-order valence-corrected chi connectivity index (χ0v) is 10.1. The number of rotatable bonds is 4. The molecular weight excluding hydrogens is 200 g/mol. The van der Waals surface area contributed by atoms with Crippen molar-refractivity contribution in [2.24, 2.45) is 0 Å². The van der Waals surface area contributed by atoms with Crippen LogP contribution in [0.2, 0.25) is 0 Å². The molecule has 0 amide bonds. The summed E-state index contributed by atoms with van der Waals surface area (Å²) < 4.78 is 0. The van der Waals surface area contributed by atoms with Crippen LogP contribution in [0.15, 0.2) is 12.3 Å². The number of aryl methyl sites for hydroxylation is 1. The summed E-state index contributed by atoms with van der Waals surface area (Å²) in [6.07, 6.45) is 4.47. The molecule has 0 saturated carbocycles. The second-order valence-electron chi connectivity index (χ2n) is 4.49. The highest BCUT2D eigenvalue weighted by Crippen LogP contribution is 2.11. The van der Waals surface area contributed by atoms with E-state index in [9.17, 15) is 0 Å². The van der Waals surface area contributed by atoms with E-state index in [2.05, 4.69) is 27.1 Å². The van der Waals surface area contributed by atoms with E-state index in [1.807, 2.05) is 13.0 Å². The summed E-state index contributed by atoms with van der Waals surface area (Å²) >= 11 is 0. The standard InChI is InChI=1S/C12H20N4/c1-10-5-6-13-12(15-10)14-9-11(2)16-7-3-4-8-16/h5-6,11H,3-4,7-9H2,1-2H3,(H,13,14,15). The van der Waals surface area contributed by atoms with Gasteiger partial charge in [0.15, 0.2) is 0 Å². The maximum Gasteiger partial charge on any atom is 0.222 e. The van der Waals surface area contributed by atoms with Crippen LogP contribution in [-0.2, 0) is 0 Å². The van der Waals surface area contributed by atoms with Gasteiger partial charge in [0.2, 0.25) is 5.95 Å². The van der Waals surface area contributed by atoms with Crippen molar-refractivity contribution in [3.63, 3.8) is 0 Å². The Morgan fingerprint density at radius 1 is 1.44 bits per heavy atom. The Balaban J connectivity index is 1.82. The van der Waals surface area contributed by atoms with Crippen LogP contribution in [0.5, 0.6) is 0 Å². The van der Waals surface area contributed by atoms with Crippen molar-refractivity contribution in [1.29, 1.82) is 0 Å². The molecule has 16 heavy (non-hydrogen) atoms. The molecule has 2 rings (SSSR count). The molecule has 1 saturated heterocycles. The normalized spacial score (nSPS) is 18.6. The first-order valence-electron chi connectivity index (χ1n) is 6.03. The summed E-state index contributed by atoms with van der Waals surface area (Å²) in [5.41, 5.74) is 1.01. The van der Waals surface area contributed by atoms with Crippen molar-refractivity contribution in [2.45, 2.75) is 32.7 Å². The minimum Gasteiger partial charge on any atom is -0.353 e. The lowest BCUT2D eigenvalue weighted by molar-refractivity contribution is 0.269. The summed E-state index contributed by atoms with van der Waals surface area (Å²) in [6, 6.07) is 2.47. The molecular formula is C12H20N4. The second-order valence-corrected chi connectivity index (χ2v) is 4.49. The van der Waals surface area contributed by atoms with Crippen LogP contribution in [0.3, 0.4) is 0 Å². The first-order chi connectivity index (χ1) is 7.75. The van der Waals surface area contributed by atoms with Crippen molar-refractivity contribution in [1.82, 2.24) is 14.9 Å². The molecule has 0 radical (unpaired) electrons. The van der Waals surface area contributed by atoms with Crippen LogP contribution in [-0.4, -0.2) is 40.5 Å². The Labute approximate surface area is 97.1 Å². The maximum atomic E-state index is 4.33. The zero-order chi connectivity index (χ0) is 11.4. The van der Waals surface area contributed by atoms with Crippen LogP contribution in [0, 0.1) is 6.92 Å². The Bertz CT molecular complexity index is 334. The van der Waals surface area contributed by atoms with E-state index in [0.717, 1.165) is 18.2 Å². The van der Waals surface area contributed by atoms with Crippen LogP contribution < -0.4 is 5.32 Å². The number of nitrogens with one attached hydrogen (secondary N) is 1. The minimum absolute atomic E-state index is 0.562. The van der Waals surface area contributed by atoms with Gasteiger partial charge in [-0.3, -0.25) is 4.90 Å². The van der Waals surface area contributed by atoms with Crippen LogP contribution in [0.25, 0.3) is 0 Å². The molecule has 1 aliphatic heterocycles. The number of hydrogen-bond acceptors (Lipinski definition) is 4. The van der Waals surface area contributed by atoms with Crippen molar-refractivity contribution in [3.8, 4) is 0 Å². The van der Waals surface area contributed by atoms with E-state index < -0.39 is 0 Å². The third-order valence-electron chi connectivity index (χ3n) is 3.11. The zero-order valence-electron chi connectivity index (χ0n) is 10.1. The fourth-order valence-electron chi connectivity index (χ4n) is 2.08. The maximum absolute atomic E-state index is 4.33. The van der Waals surface area contributed by atoms with Crippen molar-refractivity contribution in [3.05, 3.63) is 18.0 Å². The molecule has 1 unspecified atom stereocenters. The molecule has 88 valence electrons. The van der Waals surface area contributed by atoms with Crippen molar-refractivity contribution >= 4 is 5.95 Å². The molecule has 0 bridgehead atoms. The first-order valence-corrected chi connectivity index (χ1v) is 6.03. The predicted molar refractivity (Wildman–Crippen MR) is 65.5 cm³/mol. The van der Waals surface area contributed by atoms with Gasteiger partial charge in [-0.05, 0) is 45.8 Å². The molecule has 1 aliphatic rings. The third-order valence-corrected chi connectivity index (χ3v) is 3.11. The van der Waals surface area contributed by atoms with E-state index in [1.165, 1.54) is 25.9 Å². The first kappa shape index (κ1) is 11.3. The highest BCUT2D eigenvalue weighted by molar-refractivity contribution is 5.24. The lowest BCUT2D eigenvalue weighted by Gasteiger charge is -2.23. The molecule has 4 heteroatoms. The Morgan fingerprint density at radius 2 is 2.19 bits per heavy atom. The number of likely N-dealkylation sites (tertiary alicyclic amines) is 1. The number of anilines is 1. The third kappa shape index (κ3) is 2.92. The topological polar surface area (TPSA) is 41.1 Å². The molecule has 1 N–H and O–H groups in total. The Hall–Kier alpha value is -1.16. The van der Waals surface area contributed by atoms with Gasteiger partial charge in [-0.15, -0.1) is 0 Å². The fourth-order valence-corrected chi connectivity index (χ4v) is 2.08. The van der Waals surface area contributed by atoms with Gasteiger partial charge in [0.1, 0.15) is 0 Å². The summed E-state index contributed by atoms with van der Waals surface area (Å²) in [5.74, 6) is 0.742. The average molecular weight is 220 g/mol. The van der Waals surface area contributed by atoms with Gasteiger partial charge in [-0.25, -0.2) is 9.97 Å². The summed E-state index contributed by atoms with van der Waals surface area (Å²) in [4.78, 5) is 11.0. The summed E-state index contributed by atoms with van der Waals surface area (Å²) in [6.45, 7) is 7.63. The quantitative estimate of drug-likeness (QED) is 0.838. The molecule has 1 aromatic rings. The van der Waals surface area contributed by atoms with Gasteiger partial charge in [-0.2, -0.15) is 0 Å². The average Bonchev–Trinajstić information content (AvgIpc) is 2.79. The van der Waals surface area contributed by atoms with Gasteiger partial charge in [0.05, 0.1) is 0 Å². The predicted octanol–water partition coefficient (Wildman–Crippen LogP) is 1.68. The van der Waals surface area contributed by atoms with Gasteiger partial charge in [-0.1, -0.05) is 0 Å². The monoisotopic (exact) mass is 220 g/mol. The molecule has 4 nitrogen and oxygen atoms in total. The van der Waals surface area contributed by atoms with Crippen LogP contribution in [0.4, 0.5) is 5.95 Å². The minimum atomic E-state index is 0.562. The second kappa shape index (κ2) is 5.25. The summed E-state index contributed by atoms with van der Waals surface area (Å²) in [7, 11) is 0. The molecule has 0 spiro atoms. The van der Waals surface area contributed by atoms with Crippen LogP contribution >= 0.6 is 0 Å². The van der Waals surface area contributed by atoms with Crippen molar-refractivity contribution in [2.75, 3.05) is 25.0 Å². The van der Waals surface area contributed by atoms with Gasteiger partial charge < -0.3 is 5.32 Å². The molecule has 1 fully saturated rings. The SMILES string of the molecule is Cc1ccnc(NCC(C)N2CCCC2)n1. The van der Waals surface area contributed by atoms with Gasteiger partial charge in [0.25, 0.3) is 0 Å². The molecule has 0 aromatic carbocycles. The van der Waals surface area contributed by atoms with Gasteiger partial charge >= 0.3 is 0 Å². The van der Waals surface area contributed by atoms with Gasteiger partial charge in [0, 0.05) is 24.5 Å². The highest BCUT2D eigenvalue weighted by atomic mass is 15.2.